The van der Waals surface area contributed by atoms with E-state index in [1.807, 2.05) is 7.05 Å². The lowest BCUT2D eigenvalue weighted by molar-refractivity contribution is 0.307. The minimum atomic E-state index is 0.694. The third-order valence-electron chi connectivity index (χ3n) is 3.78. The molecule has 1 N–H and O–H groups in total. The van der Waals surface area contributed by atoms with Crippen LogP contribution in [0.25, 0.3) is 0 Å². The molecule has 92 valence electrons. The summed E-state index contributed by atoms with van der Waals surface area (Å²) in [4.78, 5) is 9.19. The van der Waals surface area contributed by atoms with Gasteiger partial charge in [-0.1, -0.05) is 0 Å². The van der Waals surface area contributed by atoms with Gasteiger partial charge < -0.3 is 15.1 Å². The number of hydrogen-bond donors (Lipinski definition) is 1. The molecule has 16 heavy (non-hydrogen) atoms. The highest BCUT2D eigenvalue weighted by Gasteiger charge is 2.22. The Kier molecular flexibility index (Phi) is 4.04. The van der Waals surface area contributed by atoms with Gasteiger partial charge in [-0.15, -0.1) is 0 Å². The summed E-state index contributed by atoms with van der Waals surface area (Å²) in [5.41, 5.74) is 0. The van der Waals surface area contributed by atoms with Crippen molar-refractivity contribution in [1.82, 2.24) is 15.1 Å². The summed E-state index contributed by atoms with van der Waals surface area (Å²) in [7, 11) is 4.11. The Balaban J connectivity index is 1.78. The van der Waals surface area contributed by atoms with Gasteiger partial charge in [-0.3, -0.25) is 4.99 Å². The first-order chi connectivity index (χ1) is 7.81. The van der Waals surface area contributed by atoms with Gasteiger partial charge in [0, 0.05) is 32.7 Å². The molecule has 2 rings (SSSR count). The van der Waals surface area contributed by atoms with Crippen molar-refractivity contribution < 1.29 is 0 Å². The second-order valence-corrected chi connectivity index (χ2v) is 4.90. The predicted molar refractivity (Wildman–Crippen MR) is 67.8 cm³/mol. The lowest BCUT2D eigenvalue weighted by atomic mass is 10.2. The maximum Gasteiger partial charge on any atom is 0.193 e. The van der Waals surface area contributed by atoms with Gasteiger partial charge in [-0.05, 0) is 39.3 Å². The standard InChI is InChI=1S/C12H24N4/c1-13-12(16-8-3-4-9-16)14-10-11-6-5-7-15(11)2/h11H,3-10H2,1-2H3,(H,13,14). The number of guanidine groups is 1. The second-order valence-electron chi connectivity index (χ2n) is 4.90. The van der Waals surface area contributed by atoms with Gasteiger partial charge >= 0.3 is 0 Å². The van der Waals surface area contributed by atoms with Crippen LogP contribution in [-0.4, -0.2) is 62.1 Å². The van der Waals surface area contributed by atoms with Crippen molar-refractivity contribution in [2.24, 2.45) is 4.99 Å². The van der Waals surface area contributed by atoms with E-state index in [9.17, 15) is 0 Å². The third kappa shape index (κ3) is 2.67. The smallest absolute Gasteiger partial charge is 0.193 e. The molecule has 2 aliphatic rings. The van der Waals surface area contributed by atoms with Gasteiger partial charge in [-0.2, -0.15) is 0 Å². The minimum absolute atomic E-state index is 0.694. The summed E-state index contributed by atoms with van der Waals surface area (Å²) < 4.78 is 0. The molecular formula is C12H24N4. The van der Waals surface area contributed by atoms with E-state index in [0.29, 0.717) is 6.04 Å². The van der Waals surface area contributed by atoms with E-state index < -0.39 is 0 Å². The average molecular weight is 224 g/mol. The van der Waals surface area contributed by atoms with Crippen molar-refractivity contribution >= 4 is 5.96 Å². The molecule has 0 aliphatic carbocycles. The lowest BCUT2D eigenvalue weighted by Crippen LogP contribution is -2.45. The molecular weight excluding hydrogens is 200 g/mol. The Hall–Kier alpha value is -0.770. The molecule has 0 amide bonds. The van der Waals surface area contributed by atoms with Gasteiger partial charge in [0.15, 0.2) is 5.96 Å². The van der Waals surface area contributed by atoms with Crippen molar-refractivity contribution in [3.63, 3.8) is 0 Å². The lowest BCUT2D eigenvalue weighted by Gasteiger charge is -2.25. The number of likely N-dealkylation sites (N-methyl/N-ethyl adjacent to an activating group) is 1. The molecule has 2 saturated heterocycles. The first-order valence-corrected chi connectivity index (χ1v) is 6.47. The summed E-state index contributed by atoms with van der Waals surface area (Å²) in [6, 6.07) is 0.694. The fraction of sp³-hybridized carbons (Fsp3) is 0.917. The number of aliphatic imine (C=N–C) groups is 1. The zero-order valence-corrected chi connectivity index (χ0v) is 10.6. The van der Waals surface area contributed by atoms with Crippen molar-refractivity contribution in [3.05, 3.63) is 0 Å². The fourth-order valence-corrected chi connectivity index (χ4v) is 2.71. The minimum Gasteiger partial charge on any atom is -0.355 e. The number of nitrogens with zero attached hydrogens (tertiary/aromatic N) is 3. The zero-order valence-electron chi connectivity index (χ0n) is 10.6. The molecule has 0 aromatic heterocycles. The maximum absolute atomic E-state index is 4.37. The van der Waals surface area contributed by atoms with Crippen molar-refractivity contribution in [3.8, 4) is 0 Å². The molecule has 1 unspecified atom stereocenters. The molecule has 2 fully saturated rings. The summed E-state index contributed by atoms with van der Waals surface area (Å²) in [5, 5.41) is 3.52. The molecule has 4 nitrogen and oxygen atoms in total. The van der Waals surface area contributed by atoms with E-state index in [-0.39, 0.29) is 0 Å². The van der Waals surface area contributed by atoms with E-state index in [1.165, 1.54) is 45.3 Å². The molecule has 0 spiro atoms. The van der Waals surface area contributed by atoms with Crippen LogP contribution in [0, 0.1) is 0 Å². The SMILES string of the molecule is CN=C(NCC1CCCN1C)N1CCCC1. The summed E-state index contributed by atoms with van der Waals surface area (Å²) in [5.74, 6) is 1.10. The summed E-state index contributed by atoms with van der Waals surface area (Å²) in [6.45, 7) is 4.62. The first-order valence-electron chi connectivity index (χ1n) is 6.47. The fourth-order valence-electron chi connectivity index (χ4n) is 2.71. The van der Waals surface area contributed by atoms with Gasteiger partial charge in [0.25, 0.3) is 0 Å². The van der Waals surface area contributed by atoms with Crippen LogP contribution in [0.15, 0.2) is 4.99 Å². The van der Waals surface area contributed by atoms with Crippen LogP contribution in [0.5, 0.6) is 0 Å². The second kappa shape index (κ2) is 5.53. The van der Waals surface area contributed by atoms with Crippen LogP contribution in [0.4, 0.5) is 0 Å². The van der Waals surface area contributed by atoms with Crippen LogP contribution in [0.2, 0.25) is 0 Å². The van der Waals surface area contributed by atoms with Crippen LogP contribution in [0.1, 0.15) is 25.7 Å². The largest absolute Gasteiger partial charge is 0.355 e. The quantitative estimate of drug-likeness (QED) is 0.555. The van der Waals surface area contributed by atoms with Gasteiger partial charge in [0.05, 0.1) is 0 Å². The van der Waals surface area contributed by atoms with Crippen molar-refractivity contribution in [2.75, 3.05) is 40.3 Å². The van der Waals surface area contributed by atoms with Gasteiger partial charge in [0.2, 0.25) is 0 Å². The van der Waals surface area contributed by atoms with Crippen LogP contribution in [-0.2, 0) is 0 Å². The van der Waals surface area contributed by atoms with Crippen LogP contribution < -0.4 is 5.32 Å². The molecule has 0 aromatic rings. The molecule has 2 heterocycles. The number of likely N-dealkylation sites (tertiary alicyclic amines) is 2. The highest BCUT2D eigenvalue weighted by Crippen LogP contribution is 2.14. The molecule has 2 aliphatic heterocycles. The van der Waals surface area contributed by atoms with Crippen LogP contribution in [0.3, 0.4) is 0 Å². The summed E-state index contributed by atoms with van der Waals surface area (Å²) in [6.07, 6.45) is 5.28. The monoisotopic (exact) mass is 224 g/mol. The Morgan fingerprint density at radius 2 is 2.00 bits per heavy atom. The molecule has 4 heteroatoms. The van der Waals surface area contributed by atoms with E-state index in [2.05, 4.69) is 27.2 Å². The van der Waals surface area contributed by atoms with Gasteiger partial charge in [-0.25, -0.2) is 0 Å². The highest BCUT2D eigenvalue weighted by molar-refractivity contribution is 5.80. The van der Waals surface area contributed by atoms with Crippen molar-refractivity contribution in [1.29, 1.82) is 0 Å². The normalized spacial score (nSPS) is 27.8. The van der Waals surface area contributed by atoms with Gasteiger partial charge in [0.1, 0.15) is 0 Å². The zero-order chi connectivity index (χ0) is 11.4. The molecule has 0 saturated carbocycles. The van der Waals surface area contributed by atoms with E-state index in [4.69, 9.17) is 0 Å². The Labute approximate surface area is 98.7 Å². The Morgan fingerprint density at radius 3 is 2.56 bits per heavy atom. The number of hydrogen-bond acceptors (Lipinski definition) is 2. The molecule has 1 atom stereocenters. The number of rotatable bonds is 2. The maximum atomic E-state index is 4.37. The Morgan fingerprint density at radius 1 is 1.25 bits per heavy atom. The first kappa shape index (κ1) is 11.7. The molecule has 0 bridgehead atoms. The summed E-state index contributed by atoms with van der Waals surface area (Å²) >= 11 is 0. The van der Waals surface area contributed by atoms with Crippen LogP contribution >= 0.6 is 0 Å². The Bertz CT molecular complexity index is 245. The molecule has 0 radical (unpaired) electrons. The topological polar surface area (TPSA) is 30.9 Å². The average Bonchev–Trinajstić information content (AvgIpc) is 2.92. The van der Waals surface area contributed by atoms with E-state index in [1.54, 1.807) is 0 Å². The third-order valence-corrected chi connectivity index (χ3v) is 3.78. The highest BCUT2D eigenvalue weighted by atomic mass is 15.3. The van der Waals surface area contributed by atoms with E-state index in [0.717, 1.165) is 12.5 Å². The van der Waals surface area contributed by atoms with E-state index >= 15 is 0 Å². The number of nitrogens with one attached hydrogen (secondary N) is 1. The molecule has 0 aromatic carbocycles. The van der Waals surface area contributed by atoms with Crippen molar-refractivity contribution in [2.45, 2.75) is 31.7 Å². The predicted octanol–water partition coefficient (Wildman–Crippen LogP) is 0.752.